The summed E-state index contributed by atoms with van der Waals surface area (Å²) in [6.45, 7) is 14.0. The van der Waals surface area contributed by atoms with Crippen LogP contribution >= 0.6 is 0 Å². The second-order valence-electron chi connectivity index (χ2n) is 21.8. The number of pyridine rings is 1. The monoisotopic (exact) mass is 1110 g/mol. The number of aryl methyl sites for hydroxylation is 1. The molecule has 1 amide bonds. The van der Waals surface area contributed by atoms with Gasteiger partial charge in [-0.05, 0) is 137 Å². The minimum Gasteiger partial charge on any atom is -0.486 e. The van der Waals surface area contributed by atoms with Crippen LogP contribution < -0.4 is 25.4 Å². The zero-order chi connectivity index (χ0) is 56.8. The van der Waals surface area contributed by atoms with Gasteiger partial charge in [0.2, 0.25) is 11.8 Å². The lowest BCUT2D eigenvalue weighted by atomic mass is 9.93. The fraction of sp³-hybridized carbons (Fsp3) is 0.492. The molecule has 4 aromatic heterocycles. The van der Waals surface area contributed by atoms with Crippen LogP contribution in [-0.4, -0.2) is 171 Å². The number of ketones is 1. The van der Waals surface area contributed by atoms with Gasteiger partial charge in [0.1, 0.15) is 41.9 Å². The Morgan fingerprint density at radius 1 is 0.889 bits per heavy atom. The van der Waals surface area contributed by atoms with Crippen molar-refractivity contribution in [3.8, 4) is 22.9 Å². The maximum Gasteiger partial charge on any atom is 0.246 e. The summed E-state index contributed by atoms with van der Waals surface area (Å²) in [6.07, 6.45) is 17.1. The number of aromatic nitrogens is 6. The molecule has 9 rings (SSSR count). The third kappa shape index (κ3) is 15.5. The maximum atomic E-state index is 15.2. The van der Waals surface area contributed by atoms with Crippen LogP contribution in [0.25, 0.3) is 16.9 Å². The van der Waals surface area contributed by atoms with E-state index in [9.17, 15) is 19.1 Å². The number of carbonyl (C=O) groups is 2. The van der Waals surface area contributed by atoms with Gasteiger partial charge in [0.15, 0.2) is 23.0 Å². The standard InChI is InChI=1S/C61H79F2N13O5/c1-5-44-40-69-76-54(37-55(70-61(44)76)75-24-7-6-11-49(75)19-30-77)65-38-43-13-18-56(66-39-43)80-31-10-23-74-27-25-73(26-28-74)22-9-21-71(3)20-8-12-57(79)72(4)29-32-81-59-58(67-41-68-60(59)64)51-36-48(62)33-47(42(51)2)35-53(78)50-17-16-46(34-52(50)63)45-14-15-45/h8,12-13,16-18,33-34,36-37,39-41,45,49,65,77H,5-7,9-11,14-15,19-32,35,38H2,1-4H3,(H2,64,67,68)/b12-8+/t49-/m0/s1. The van der Waals surface area contributed by atoms with E-state index in [2.05, 4.69) is 65.0 Å². The highest BCUT2D eigenvalue weighted by atomic mass is 19.1. The Bertz CT molecular complexity index is 3110. The summed E-state index contributed by atoms with van der Waals surface area (Å²) in [4.78, 5) is 55.6. The SMILES string of the molecule is CCc1cnn2c(NCc3ccc(OCCCN4CCN(CCCN(C)C/C=C/C(=O)N(C)CCOc5c(N)ncnc5-c5cc(F)cc(CC(=O)c6ccc(C7CC7)cc6F)c5C)CC4)nc3)cc(N3CCCC[C@H]3CCO)nc12. The third-order valence-electron chi connectivity index (χ3n) is 15.9. The van der Waals surface area contributed by atoms with Gasteiger partial charge in [-0.15, -0.1) is 0 Å². The number of fused-ring (bicyclic) bond motifs is 1. The predicted molar refractivity (Wildman–Crippen MR) is 311 cm³/mol. The summed E-state index contributed by atoms with van der Waals surface area (Å²) in [5.41, 5.74) is 11.7. The second kappa shape index (κ2) is 28.0. The van der Waals surface area contributed by atoms with Gasteiger partial charge < -0.3 is 50.1 Å². The van der Waals surface area contributed by atoms with Crippen molar-refractivity contribution in [2.24, 2.45) is 0 Å². The molecule has 20 heteroatoms. The fourth-order valence-electron chi connectivity index (χ4n) is 10.9. The quantitative estimate of drug-likeness (QED) is 0.0245. The number of ether oxygens (including phenoxy) is 2. The third-order valence-corrected chi connectivity index (χ3v) is 15.9. The number of Topliss-reactive ketones (excluding diaryl/α,β-unsaturated/α-hetero) is 1. The number of halogens is 2. The average molecular weight is 1110 g/mol. The van der Waals surface area contributed by atoms with E-state index in [1.165, 1.54) is 41.9 Å². The van der Waals surface area contributed by atoms with Crippen LogP contribution in [0.4, 0.5) is 26.2 Å². The van der Waals surface area contributed by atoms with Crippen LogP contribution in [0.2, 0.25) is 0 Å². The number of anilines is 3. The van der Waals surface area contributed by atoms with Crippen LogP contribution in [0.5, 0.6) is 11.6 Å². The van der Waals surface area contributed by atoms with Crippen LogP contribution in [-0.2, 0) is 24.2 Å². The molecule has 0 spiro atoms. The first-order valence-electron chi connectivity index (χ1n) is 28.8. The molecule has 432 valence electrons. The van der Waals surface area contributed by atoms with Gasteiger partial charge in [-0.1, -0.05) is 25.1 Å². The summed E-state index contributed by atoms with van der Waals surface area (Å²) in [6, 6.07) is 13.7. The number of nitrogens with zero attached hydrogens (tertiary/aromatic N) is 11. The predicted octanol–water partition coefficient (Wildman–Crippen LogP) is 7.77. The summed E-state index contributed by atoms with van der Waals surface area (Å²) < 4.78 is 44.2. The number of nitrogen functional groups attached to an aromatic ring is 1. The number of benzene rings is 2. The van der Waals surface area contributed by atoms with E-state index in [1.54, 1.807) is 26.1 Å². The largest absolute Gasteiger partial charge is 0.486 e. The van der Waals surface area contributed by atoms with Crippen molar-refractivity contribution in [3.63, 3.8) is 0 Å². The lowest BCUT2D eigenvalue weighted by Gasteiger charge is -2.36. The number of likely N-dealkylation sites (N-methyl/N-ethyl adjacent to an activating group) is 2. The van der Waals surface area contributed by atoms with Crippen LogP contribution in [0.15, 0.2) is 79.4 Å². The van der Waals surface area contributed by atoms with Crippen molar-refractivity contribution in [1.82, 2.24) is 49.1 Å². The van der Waals surface area contributed by atoms with E-state index in [4.69, 9.17) is 20.2 Å². The number of nitrogens with one attached hydrogen (secondary N) is 1. The number of rotatable bonds is 28. The number of aliphatic hydroxyl groups excluding tert-OH is 1. The minimum absolute atomic E-state index is 0.0299. The molecular weight excluding hydrogens is 1030 g/mol. The van der Waals surface area contributed by atoms with Gasteiger partial charge in [-0.25, -0.2) is 28.7 Å². The van der Waals surface area contributed by atoms with Crippen molar-refractivity contribution in [1.29, 1.82) is 0 Å². The highest BCUT2D eigenvalue weighted by Crippen LogP contribution is 2.41. The Morgan fingerprint density at radius 3 is 2.43 bits per heavy atom. The van der Waals surface area contributed by atoms with Crippen molar-refractivity contribution in [2.75, 3.05) is 115 Å². The van der Waals surface area contributed by atoms with Gasteiger partial charge in [0.25, 0.3) is 0 Å². The molecular formula is C61H79F2N13O5. The number of amides is 1. The summed E-state index contributed by atoms with van der Waals surface area (Å²) in [5.74, 6) is 1.14. The molecule has 0 radical (unpaired) electrons. The zero-order valence-electron chi connectivity index (χ0n) is 47.5. The van der Waals surface area contributed by atoms with Crippen molar-refractivity contribution in [3.05, 3.63) is 124 Å². The maximum absolute atomic E-state index is 15.2. The van der Waals surface area contributed by atoms with Gasteiger partial charge in [-0.2, -0.15) is 9.61 Å². The summed E-state index contributed by atoms with van der Waals surface area (Å²) in [7, 11) is 3.74. The summed E-state index contributed by atoms with van der Waals surface area (Å²) >= 11 is 0. The first-order valence-corrected chi connectivity index (χ1v) is 28.8. The smallest absolute Gasteiger partial charge is 0.246 e. The molecule has 1 saturated carbocycles. The molecule has 0 bridgehead atoms. The fourth-order valence-corrected chi connectivity index (χ4v) is 10.9. The van der Waals surface area contributed by atoms with Crippen LogP contribution in [0.3, 0.4) is 0 Å². The molecule has 2 saturated heterocycles. The van der Waals surface area contributed by atoms with Crippen LogP contribution in [0, 0.1) is 18.6 Å². The first kappa shape index (κ1) is 58.5. The normalized spacial score (nSPS) is 16.2. The zero-order valence-corrected chi connectivity index (χ0v) is 47.5. The Labute approximate surface area is 474 Å². The number of aliphatic hydroxyl groups is 1. The topological polar surface area (TPSA) is 196 Å². The van der Waals surface area contributed by atoms with Crippen molar-refractivity contribution < 1.29 is 33.0 Å². The molecule has 2 aliphatic heterocycles. The molecule has 6 aromatic rings. The lowest BCUT2D eigenvalue weighted by molar-refractivity contribution is -0.125. The average Bonchev–Trinajstić information content (AvgIpc) is 4.28. The molecule has 2 aromatic carbocycles. The molecule has 4 N–H and O–H groups in total. The Morgan fingerprint density at radius 2 is 1.69 bits per heavy atom. The number of piperidine rings is 1. The highest BCUT2D eigenvalue weighted by molar-refractivity contribution is 5.98. The number of hydrogen-bond donors (Lipinski definition) is 3. The number of hydrogen-bond acceptors (Lipinski definition) is 16. The molecule has 18 nitrogen and oxygen atoms in total. The van der Waals surface area contributed by atoms with E-state index in [0.29, 0.717) is 48.2 Å². The number of nitrogens with two attached hydrogens (primary N) is 1. The molecule has 3 aliphatic rings. The second-order valence-corrected chi connectivity index (χ2v) is 21.8. The molecule has 1 atom stereocenters. The van der Waals surface area contributed by atoms with E-state index < -0.39 is 17.4 Å². The van der Waals surface area contributed by atoms with E-state index in [-0.39, 0.29) is 61.0 Å². The number of piperazine rings is 1. The van der Waals surface area contributed by atoms with Gasteiger partial charge in [-0.3, -0.25) is 9.59 Å². The molecule has 3 fully saturated rings. The lowest BCUT2D eigenvalue weighted by Crippen LogP contribution is -2.47. The summed E-state index contributed by atoms with van der Waals surface area (Å²) in [5, 5.41) is 18.0. The molecule has 1 aliphatic carbocycles. The number of carbonyl (C=O) groups excluding carboxylic acids is 2. The minimum atomic E-state index is -0.595. The van der Waals surface area contributed by atoms with Gasteiger partial charge in [0, 0.05) is 114 Å². The molecule has 6 heterocycles. The van der Waals surface area contributed by atoms with E-state index in [1.807, 2.05) is 35.1 Å². The first-order chi connectivity index (χ1) is 39.3. The van der Waals surface area contributed by atoms with Crippen molar-refractivity contribution in [2.45, 2.75) is 96.6 Å². The van der Waals surface area contributed by atoms with E-state index >= 15 is 4.39 Å². The Kier molecular flexibility index (Phi) is 20.3. The van der Waals surface area contributed by atoms with Crippen molar-refractivity contribution >= 4 is 34.8 Å². The molecule has 81 heavy (non-hydrogen) atoms. The van der Waals surface area contributed by atoms with Gasteiger partial charge >= 0.3 is 0 Å². The van der Waals surface area contributed by atoms with Crippen LogP contribution in [0.1, 0.15) is 102 Å². The van der Waals surface area contributed by atoms with Gasteiger partial charge in [0.05, 0.1) is 24.9 Å². The van der Waals surface area contributed by atoms with E-state index in [0.717, 1.165) is 138 Å². The molecule has 0 unspecified atom stereocenters. The Hall–Kier alpha value is -7.13. The highest BCUT2D eigenvalue weighted by Gasteiger charge is 2.28. The Balaban J connectivity index is 0.641.